The second kappa shape index (κ2) is 2.68. The van der Waals surface area contributed by atoms with E-state index in [0.717, 1.165) is 6.42 Å². The van der Waals surface area contributed by atoms with Crippen LogP contribution in [-0.2, 0) is 6.42 Å². The summed E-state index contributed by atoms with van der Waals surface area (Å²) < 4.78 is 0. The van der Waals surface area contributed by atoms with Crippen LogP contribution in [0.3, 0.4) is 0 Å². The molecule has 2 aromatic rings. The fourth-order valence-electron chi connectivity index (χ4n) is 2.22. The van der Waals surface area contributed by atoms with E-state index in [4.69, 9.17) is 0 Å². The molecule has 0 fully saturated rings. The van der Waals surface area contributed by atoms with Gasteiger partial charge in [0.15, 0.2) is 0 Å². The van der Waals surface area contributed by atoms with Gasteiger partial charge in [-0.3, -0.25) is 4.98 Å². The molecular weight excluding hydrogens is 170 g/mol. The van der Waals surface area contributed by atoms with Crippen LogP contribution in [0.2, 0.25) is 0 Å². The maximum absolute atomic E-state index is 4.43. The normalized spacial score (nSPS) is 12.4. The van der Waals surface area contributed by atoms with Gasteiger partial charge in [0.25, 0.3) is 0 Å². The van der Waals surface area contributed by atoms with Crippen LogP contribution in [-0.4, -0.2) is 4.98 Å². The Labute approximate surface area is 83.4 Å². The summed E-state index contributed by atoms with van der Waals surface area (Å²) in [5.41, 5.74) is 6.69. The molecule has 1 aromatic heterocycles. The molecule has 0 N–H and O–H groups in total. The molecular formula is C13H11N. The standard InChI is InChI=1S/C13H11N/c1-9-6-7-14-12-8-10-4-2-3-5-11(10)13(9)12/h2-7H,8H2,1H3. The van der Waals surface area contributed by atoms with Gasteiger partial charge < -0.3 is 0 Å². The molecule has 1 aromatic carbocycles. The third-order valence-electron chi connectivity index (χ3n) is 2.88. The quantitative estimate of drug-likeness (QED) is 0.519. The molecule has 1 nitrogen and oxygen atoms in total. The first-order chi connectivity index (χ1) is 6.86. The topological polar surface area (TPSA) is 12.9 Å². The van der Waals surface area contributed by atoms with Crippen molar-refractivity contribution >= 4 is 0 Å². The third-order valence-corrected chi connectivity index (χ3v) is 2.88. The molecule has 0 atom stereocenters. The second-order valence-corrected chi connectivity index (χ2v) is 3.78. The molecule has 0 bridgehead atoms. The molecule has 0 radical (unpaired) electrons. The van der Waals surface area contributed by atoms with E-state index in [1.165, 1.54) is 27.9 Å². The maximum atomic E-state index is 4.43. The van der Waals surface area contributed by atoms with E-state index >= 15 is 0 Å². The molecule has 68 valence electrons. The molecule has 0 aliphatic heterocycles. The fraction of sp³-hybridized carbons (Fsp3) is 0.154. The van der Waals surface area contributed by atoms with Crippen molar-refractivity contribution in [2.75, 3.05) is 0 Å². The summed E-state index contributed by atoms with van der Waals surface area (Å²) >= 11 is 0. The molecule has 1 heteroatoms. The summed E-state index contributed by atoms with van der Waals surface area (Å²) in [7, 11) is 0. The van der Waals surface area contributed by atoms with E-state index in [1.807, 2.05) is 6.20 Å². The van der Waals surface area contributed by atoms with Gasteiger partial charge in [-0.05, 0) is 29.7 Å². The van der Waals surface area contributed by atoms with Gasteiger partial charge in [0.05, 0.1) is 5.69 Å². The molecule has 1 aliphatic rings. The van der Waals surface area contributed by atoms with Crippen molar-refractivity contribution in [1.29, 1.82) is 0 Å². The number of aromatic nitrogens is 1. The highest BCUT2D eigenvalue weighted by Crippen LogP contribution is 2.36. The fourth-order valence-corrected chi connectivity index (χ4v) is 2.22. The lowest BCUT2D eigenvalue weighted by atomic mass is 10.0. The lowest BCUT2D eigenvalue weighted by Crippen LogP contribution is -1.87. The maximum Gasteiger partial charge on any atom is 0.0528 e. The Kier molecular flexibility index (Phi) is 1.48. The Morgan fingerprint density at radius 3 is 2.93 bits per heavy atom. The van der Waals surface area contributed by atoms with E-state index < -0.39 is 0 Å². The third kappa shape index (κ3) is 0.925. The minimum atomic E-state index is 0.993. The van der Waals surface area contributed by atoms with Gasteiger partial charge in [-0.15, -0.1) is 0 Å². The molecule has 14 heavy (non-hydrogen) atoms. The average molecular weight is 181 g/mol. The summed E-state index contributed by atoms with van der Waals surface area (Å²) in [6.45, 7) is 2.16. The monoisotopic (exact) mass is 181 g/mol. The van der Waals surface area contributed by atoms with Gasteiger partial charge in [0, 0.05) is 18.2 Å². The SMILES string of the molecule is Cc1ccnc2c1-c1ccccc1C2. The zero-order chi connectivity index (χ0) is 9.54. The Morgan fingerprint density at radius 2 is 2.00 bits per heavy atom. The van der Waals surface area contributed by atoms with Crippen LogP contribution in [0, 0.1) is 6.92 Å². The highest BCUT2D eigenvalue weighted by Gasteiger charge is 2.19. The van der Waals surface area contributed by atoms with Crippen LogP contribution in [0.5, 0.6) is 0 Å². The molecule has 0 saturated heterocycles. The first-order valence-corrected chi connectivity index (χ1v) is 4.89. The largest absolute Gasteiger partial charge is 0.260 e. The molecule has 0 saturated carbocycles. The Morgan fingerprint density at radius 1 is 1.14 bits per heavy atom. The summed E-state index contributed by atoms with van der Waals surface area (Å²) in [5, 5.41) is 0. The number of hydrogen-bond acceptors (Lipinski definition) is 1. The minimum Gasteiger partial charge on any atom is -0.260 e. The van der Waals surface area contributed by atoms with Gasteiger partial charge >= 0.3 is 0 Å². The van der Waals surface area contributed by atoms with E-state index in [0.29, 0.717) is 0 Å². The number of hydrogen-bond donors (Lipinski definition) is 0. The Bertz CT molecular complexity index is 500. The first kappa shape index (κ1) is 7.74. The van der Waals surface area contributed by atoms with E-state index in [9.17, 15) is 0 Å². The average Bonchev–Trinajstić information content (AvgIpc) is 2.57. The van der Waals surface area contributed by atoms with Gasteiger partial charge in [-0.2, -0.15) is 0 Å². The number of pyridine rings is 1. The van der Waals surface area contributed by atoms with Gasteiger partial charge in [0.1, 0.15) is 0 Å². The summed E-state index contributed by atoms with van der Waals surface area (Å²) in [4.78, 5) is 4.43. The van der Waals surface area contributed by atoms with Gasteiger partial charge in [-0.25, -0.2) is 0 Å². The summed E-state index contributed by atoms with van der Waals surface area (Å²) in [6.07, 6.45) is 2.90. The van der Waals surface area contributed by atoms with Crippen LogP contribution >= 0.6 is 0 Å². The molecule has 1 heterocycles. The van der Waals surface area contributed by atoms with E-state index in [1.54, 1.807) is 0 Å². The van der Waals surface area contributed by atoms with Crippen molar-refractivity contribution in [3.63, 3.8) is 0 Å². The van der Waals surface area contributed by atoms with Gasteiger partial charge in [0.2, 0.25) is 0 Å². The van der Waals surface area contributed by atoms with Gasteiger partial charge in [-0.1, -0.05) is 24.3 Å². The van der Waals surface area contributed by atoms with Crippen LogP contribution in [0.15, 0.2) is 36.5 Å². The predicted octanol–water partition coefficient (Wildman–Crippen LogP) is 2.96. The molecule has 0 amide bonds. The predicted molar refractivity (Wildman–Crippen MR) is 57.2 cm³/mol. The zero-order valence-corrected chi connectivity index (χ0v) is 8.12. The smallest absolute Gasteiger partial charge is 0.0528 e. The van der Waals surface area contributed by atoms with Crippen molar-refractivity contribution < 1.29 is 0 Å². The highest BCUT2D eigenvalue weighted by atomic mass is 14.7. The van der Waals surface area contributed by atoms with Crippen LogP contribution in [0.4, 0.5) is 0 Å². The van der Waals surface area contributed by atoms with Crippen molar-refractivity contribution in [1.82, 2.24) is 4.98 Å². The Hall–Kier alpha value is -1.63. The number of nitrogens with zero attached hydrogens (tertiary/aromatic N) is 1. The number of rotatable bonds is 0. The van der Waals surface area contributed by atoms with E-state index in [-0.39, 0.29) is 0 Å². The van der Waals surface area contributed by atoms with Crippen molar-refractivity contribution in [3.05, 3.63) is 53.3 Å². The lowest BCUT2D eigenvalue weighted by Gasteiger charge is -2.03. The van der Waals surface area contributed by atoms with Crippen LogP contribution in [0.25, 0.3) is 11.1 Å². The van der Waals surface area contributed by atoms with Crippen LogP contribution in [0.1, 0.15) is 16.8 Å². The second-order valence-electron chi connectivity index (χ2n) is 3.78. The molecule has 1 aliphatic carbocycles. The summed E-state index contributed by atoms with van der Waals surface area (Å²) in [6, 6.07) is 10.7. The number of aryl methyl sites for hydroxylation is 1. The number of benzene rings is 1. The van der Waals surface area contributed by atoms with Crippen molar-refractivity contribution in [3.8, 4) is 11.1 Å². The zero-order valence-electron chi connectivity index (χ0n) is 8.12. The lowest BCUT2D eigenvalue weighted by molar-refractivity contribution is 1.11. The Balaban J connectivity index is 2.35. The molecule has 0 spiro atoms. The van der Waals surface area contributed by atoms with E-state index in [2.05, 4.69) is 42.2 Å². The van der Waals surface area contributed by atoms with Crippen LogP contribution < -0.4 is 0 Å². The highest BCUT2D eigenvalue weighted by molar-refractivity contribution is 5.77. The molecule has 3 rings (SSSR count). The minimum absolute atomic E-state index is 0.993. The van der Waals surface area contributed by atoms with Crippen molar-refractivity contribution in [2.24, 2.45) is 0 Å². The first-order valence-electron chi connectivity index (χ1n) is 4.89. The summed E-state index contributed by atoms with van der Waals surface area (Å²) in [5.74, 6) is 0. The number of fused-ring (bicyclic) bond motifs is 3. The molecule has 0 unspecified atom stereocenters. The van der Waals surface area contributed by atoms with Crippen molar-refractivity contribution in [2.45, 2.75) is 13.3 Å².